The average molecular weight is 361 g/mol. The van der Waals surface area contributed by atoms with Crippen molar-refractivity contribution in [2.75, 3.05) is 6.61 Å². The molecule has 4 unspecified atom stereocenters. The second-order valence-corrected chi connectivity index (χ2v) is 10.1. The van der Waals surface area contributed by atoms with Crippen LogP contribution in [0.2, 0.25) is 0 Å². The zero-order chi connectivity index (χ0) is 18.5. The summed E-state index contributed by atoms with van der Waals surface area (Å²) in [5.41, 5.74) is 0. The summed E-state index contributed by atoms with van der Waals surface area (Å²) in [6.07, 6.45) is 18.3. The number of ether oxygens (including phenoxy) is 1. The third-order valence-electron chi connectivity index (χ3n) is 8.68. The van der Waals surface area contributed by atoms with E-state index in [1.807, 2.05) is 6.08 Å². The maximum Gasteiger partial charge on any atom is 0.0603 e. The van der Waals surface area contributed by atoms with Crippen LogP contribution in [0.4, 0.5) is 0 Å². The normalized spacial score (nSPS) is 44.6. The molecule has 0 bridgehead atoms. The Hall–Kier alpha value is -0.300. The van der Waals surface area contributed by atoms with E-state index < -0.39 is 0 Å². The quantitative estimate of drug-likeness (QED) is 0.357. The van der Waals surface area contributed by atoms with Crippen LogP contribution in [0.5, 0.6) is 0 Å². The second kappa shape index (κ2) is 9.76. The van der Waals surface area contributed by atoms with Gasteiger partial charge in [0, 0.05) is 0 Å². The van der Waals surface area contributed by atoms with Gasteiger partial charge in [-0.1, -0.05) is 39.7 Å². The van der Waals surface area contributed by atoms with Crippen LogP contribution in [0.15, 0.2) is 12.7 Å². The fourth-order valence-corrected chi connectivity index (χ4v) is 6.62. The molecule has 0 N–H and O–H groups in total. The Morgan fingerprint density at radius 3 is 1.92 bits per heavy atom. The maximum atomic E-state index is 6.18. The molecule has 0 radical (unpaired) electrons. The van der Waals surface area contributed by atoms with Gasteiger partial charge in [0.2, 0.25) is 0 Å². The van der Waals surface area contributed by atoms with E-state index in [2.05, 4.69) is 27.4 Å². The predicted molar refractivity (Wildman–Crippen MR) is 112 cm³/mol. The fourth-order valence-electron chi connectivity index (χ4n) is 6.62. The summed E-state index contributed by atoms with van der Waals surface area (Å²) in [6.45, 7) is 12.1. The summed E-state index contributed by atoms with van der Waals surface area (Å²) in [6, 6.07) is 0. The minimum atomic E-state index is 0.488. The van der Waals surface area contributed by atoms with Gasteiger partial charge in [-0.2, -0.15) is 0 Å². The van der Waals surface area contributed by atoms with Crippen molar-refractivity contribution in [2.45, 2.75) is 97.5 Å². The zero-order valence-corrected chi connectivity index (χ0v) is 17.8. The van der Waals surface area contributed by atoms with Crippen LogP contribution < -0.4 is 0 Å². The van der Waals surface area contributed by atoms with Gasteiger partial charge in [-0.25, -0.2) is 0 Å². The molecule has 150 valence electrons. The van der Waals surface area contributed by atoms with Gasteiger partial charge in [0.15, 0.2) is 0 Å². The van der Waals surface area contributed by atoms with E-state index in [-0.39, 0.29) is 0 Å². The Morgan fingerprint density at radius 2 is 1.31 bits per heavy atom. The molecule has 0 aromatic rings. The molecule has 0 aliphatic heterocycles. The topological polar surface area (TPSA) is 9.23 Å². The van der Waals surface area contributed by atoms with Gasteiger partial charge < -0.3 is 4.74 Å². The van der Waals surface area contributed by atoms with Gasteiger partial charge >= 0.3 is 0 Å². The van der Waals surface area contributed by atoms with E-state index in [1.54, 1.807) is 0 Å². The second-order valence-electron chi connectivity index (χ2n) is 10.1. The monoisotopic (exact) mass is 360 g/mol. The smallest absolute Gasteiger partial charge is 0.0603 e. The number of hydrogen-bond donors (Lipinski definition) is 0. The molecule has 3 aliphatic rings. The van der Waals surface area contributed by atoms with Crippen LogP contribution in [0.25, 0.3) is 0 Å². The number of rotatable bonds is 6. The van der Waals surface area contributed by atoms with Gasteiger partial charge in [0.1, 0.15) is 0 Å². The van der Waals surface area contributed by atoms with Crippen LogP contribution in [-0.2, 0) is 4.74 Å². The third kappa shape index (κ3) is 4.94. The molecular weight excluding hydrogens is 316 g/mol. The highest BCUT2D eigenvalue weighted by molar-refractivity contribution is 4.90. The molecule has 0 aromatic carbocycles. The standard InChI is InChI=1S/C25H44O/c1-5-6-17-26-25-16-15-24(19(3)20(25)4)23-13-11-22(12-14-23)21-9-7-18(2)8-10-21/h5,18-25H,1,6-17H2,2-4H3. The van der Waals surface area contributed by atoms with Crippen molar-refractivity contribution in [3.05, 3.63) is 12.7 Å². The van der Waals surface area contributed by atoms with Crippen molar-refractivity contribution in [1.29, 1.82) is 0 Å². The van der Waals surface area contributed by atoms with Gasteiger partial charge in [0.05, 0.1) is 12.7 Å². The molecule has 3 fully saturated rings. The largest absolute Gasteiger partial charge is 0.378 e. The van der Waals surface area contributed by atoms with Gasteiger partial charge in [-0.3, -0.25) is 0 Å². The molecule has 3 saturated carbocycles. The average Bonchev–Trinajstić information content (AvgIpc) is 2.66. The highest BCUT2D eigenvalue weighted by Crippen LogP contribution is 2.48. The molecule has 1 heteroatoms. The Bertz CT molecular complexity index is 414. The van der Waals surface area contributed by atoms with Crippen molar-refractivity contribution in [2.24, 2.45) is 41.4 Å². The summed E-state index contributed by atoms with van der Waals surface area (Å²) in [7, 11) is 0. The summed E-state index contributed by atoms with van der Waals surface area (Å²) in [5.74, 6) is 6.62. The number of hydrogen-bond acceptors (Lipinski definition) is 1. The van der Waals surface area contributed by atoms with E-state index in [0.717, 1.165) is 54.5 Å². The Morgan fingerprint density at radius 1 is 0.731 bits per heavy atom. The van der Waals surface area contributed by atoms with Crippen molar-refractivity contribution in [3.63, 3.8) is 0 Å². The summed E-state index contributed by atoms with van der Waals surface area (Å²) >= 11 is 0. The minimum Gasteiger partial charge on any atom is -0.378 e. The summed E-state index contributed by atoms with van der Waals surface area (Å²) in [4.78, 5) is 0. The molecule has 0 amide bonds. The van der Waals surface area contributed by atoms with E-state index in [9.17, 15) is 0 Å². The van der Waals surface area contributed by atoms with Crippen LogP contribution in [0, 0.1) is 41.4 Å². The van der Waals surface area contributed by atoms with E-state index >= 15 is 0 Å². The molecule has 1 nitrogen and oxygen atoms in total. The zero-order valence-electron chi connectivity index (χ0n) is 17.8. The lowest BCUT2D eigenvalue weighted by molar-refractivity contribution is -0.0549. The SMILES string of the molecule is C=CCCOC1CCC(C2CCC(C3CCC(C)CC3)CC2)C(C)C1C. The van der Waals surface area contributed by atoms with Gasteiger partial charge in [0.25, 0.3) is 0 Å². The molecular formula is C25H44O. The van der Waals surface area contributed by atoms with Gasteiger partial charge in [-0.15, -0.1) is 6.58 Å². The van der Waals surface area contributed by atoms with Crippen LogP contribution >= 0.6 is 0 Å². The minimum absolute atomic E-state index is 0.488. The molecule has 0 spiro atoms. The Labute approximate surface area is 163 Å². The van der Waals surface area contributed by atoms with Crippen molar-refractivity contribution in [1.82, 2.24) is 0 Å². The first-order valence-electron chi connectivity index (χ1n) is 11.8. The van der Waals surface area contributed by atoms with Crippen molar-refractivity contribution in [3.8, 4) is 0 Å². The molecule has 4 atom stereocenters. The molecule has 3 aliphatic carbocycles. The highest BCUT2D eigenvalue weighted by atomic mass is 16.5. The highest BCUT2D eigenvalue weighted by Gasteiger charge is 2.40. The van der Waals surface area contributed by atoms with E-state index in [0.29, 0.717) is 6.10 Å². The lowest BCUT2D eigenvalue weighted by Gasteiger charge is -2.46. The first kappa shape index (κ1) is 20.4. The summed E-state index contributed by atoms with van der Waals surface area (Å²) in [5, 5.41) is 0. The van der Waals surface area contributed by atoms with E-state index in [4.69, 9.17) is 4.74 Å². The van der Waals surface area contributed by atoms with Crippen LogP contribution in [0.3, 0.4) is 0 Å². The lowest BCUT2D eigenvalue weighted by Crippen LogP contribution is -2.40. The predicted octanol–water partition coefficient (Wildman–Crippen LogP) is 7.26. The van der Waals surface area contributed by atoms with E-state index in [1.165, 1.54) is 64.2 Å². The van der Waals surface area contributed by atoms with Crippen molar-refractivity contribution < 1.29 is 4.74 Å². The molecule has 0 aromatic heterocycles. The molecule has 0 saturated heterocycles. The molecule has 3 rings (SSSR count). The van der Waals surface area contributed by atoms with Crippen molar-refractivity contribution >= 4 is 0 Å². The Kier molecular flexibility index (Phi) is 7.67. The molecule has 0 heterocycles. The van der Waals surface area contributed by atoms with Crippen LogP contribution in [0.1, 0.15) is 91.4 Å². The summed E-state index contributed by atoms with van der Waals surface area (Å²) < 4.78 is 6.18. The van der Waals surface area contributed by atoms with Gasteiger partial charge in [-0.05, 0) is 99.2 Å². The maximum absolute atomic E-state index is 6.18. The Balaban J connectivity index is 1.45. The first-order valence-corrected chi connectivity index (χ1v) is 11.8. The fraction of sp³-hybridized carbons (Fsp3) is 0.920. The lowest BCUT2D eigenvalue weighted by atomic mass is 9.61. The third-order valence-corrected chi connectivity index (χ3v) is 8.68. The molecule has 26 heavy (non-hydrogen) atoms. The van der Waals surface area contributed by atoms with Crippen LogP contribution in [-0.4, -0.2) is 12.7 Å². The first-order chi connectivity index (χ1) is 12.6.